The summed E-state index contributed by atoms with van der Waals surface area (Å²) < 4.78 is 0. The average molecular weight is 286 g/mol. The smallest absolute Gasteiger partial charge is 0.230 e. The van der Waals surface area contributed by atoms with E-state index in [2.05, 4.69) is 19.1 Å². The van der Waals surface area contributed by atoms with Crippen LogP contribution in [0.3, 0.4) is 0 Å². The summed E-state index contributed by atoms with van der Waals surface area (Å²) in [5.41, 5.74) is 8.45. The average Bonchev–Trinajstić information content (AvgIpc) is 2.67. The molecule has 0 bridgehead atoms. The molecule has 3 nitrogen and oxygen atoms in total. The third kappa shape index (κ3) is 2.98. The van der Waals surface area contributed by atoms with Crippen LogP contribution in [0.1, 0.15) is 57.1 Å². The van der Waals surface area contributed by atoms with Gasteiger partial charge in [0, 0.05) is 24.2 Å². The molecule has 1 aliphatic heterocycles. The van der Waals surface area contributed by atoms with Crippen molar-refractivity contribution in [1.29, 1.82) is 0 Å². The summed E-state index contributed by atoms with van der Waals surface area (Å²) >= 11 is 0. The molecule has 1 aromatic carbocycles. The van der Waals surface area contributed by atoms with E-state index in [9.17, 15) is 4.79 Å². The number of hydrogen-bond acceptors (Lipinski definition) is 2. The molecule has 1 amide bonds. The number of benzene rings is 1. The first-order valence-corrected chi connectivity index (χ1v) is 8.32. The Bertz CT molecular complexity index is 506. The number of hydrogen-bond donors (Lipinski definition) is 1. The normalized spacial score (nSPS) is 29.6. The van der Waals surface area contributed by atoms with Crippen LogP contribution in [0.5, 0.6) is 0 Å². The molecule has 2 aliphatic rings. The van der Waals surface area contributed by atoms with Crippen LogP contribution in [0.2, 0.25) is 0 Å². The fourth-order valence-corrected chi connectivity index (χ4v) is 3.75. The highest BCUT2D eigenvalue weighted by molar-refractivity contribution is 5.96. The van der Waals surface area contributed by atoms with Gasteiger partial charge in [-0.15, -0.1) is 0 Å². The van der Waals surface area contributed by atoms with Crippen molar-refractivity contribution >= 4 is 11.6 Å². The fraction of sp³-hybridized carbons (Fsp3) is 0.611. The molecule has 21 heavy (non-hydrogen) atoms. The zero-order valence-electron chi connectivity index (χ0n) is 12.9. The fourth-order valence-electron chi connectivity index (χ4n) is 3.75. The van der Waals surface area contributed by atoms with Crippen LogP contribution >= 0.6 is 0 Å². The second-order valence-corrected chi connectivity index (χ2v) is 6.75. The Kier molecular flexibility index (Phi) is 4.29. The maximum Gasteiger partial charge on any atom is 0.230 e. The van der Waals surface area contributed by atoms with Crippen molar-refractivity contribution < 1.29 is 4.79 Å². The van der Waals surface area contributed by atoms with E-state index in [1.165, 1.54) is 12.8 Å². The molecule has 0 saturated heterocycles. The van der Waals surface area contributed by atoms with Gasteiger partial charge in [-0.25, -0.2) is 0 Å². The molecule has 1 heterocycles. The summed E-state index contributed by atoms with van der Waals surface area (Å²) in [6.07, 6.45) is 6.42. The molecule has 1 aliphatic carbocycles. The Balaban J connectivity index is 1.84. The van der Waals surface area contributed by atoms with Crippen molar-refractivity contribution in [3.8, 4) is 0 Å². The lowest BCUT2D eigenvalue weighted by Gasteiger charge is -2.31. The number of carbonyl (C=O) groups excluding carboxylic acids is 1. The lowest BCUT2D eigenvalue weighted by molar-refractivity contribution is -0.123. The minimum atomic E-state index is 0.0605. The highest BCUT2D eigenvalue weighted by Gasteiger charge is 2.31. The third-order valence-electron chi connectivity index (χ3n) is 5.15. The van der Waals surface area contributed by atoms with Crippen molar-refractivity contribution in [3.63, 3.8) is 0 Å². The van der Waals surface area contributed by atoms with Crippen LogP contribution in [0.4, 0.5) is 5.69 Å². The van der Waals surface area contributed by atoms with E-state index in [4.69, 9.17) is 5.73 Å². The van der Waals surface area contributed by atoms with Gasteiger partial charge in [0.05, 0.1) is 0 Å². The van der Waals surface area contributed by atoms with Crippen LogP contribution < -0.4 is 10.6 Å². The quantitative estimate of drug-likeness (QED) is 0.856. The van der Waals surface area contributed by atoms with Crippen molar-refractivity contribution in [3.05, 3.63) is 29.8 Å². The number of fused-ring (bicyclic) bond motifs is 1. The second kappa shape index (κ2) is 6.18. The Labute approximate surface area is 127 Å². The van der Waals surface area contributed by atoms with Crippen molar-refractivity contribution in [2.75, 3.05) is 11.4 Å². The van der Waals surface area contributed by atoms with Gasteiger partial charge in [0.15, 0.2) is 0 Å². The molecular formula is C18H26N2O. The molecule has 3 heteroatoms. The Morgan fingerprint density at radius 2 is 1.86 bits per heavy atom. The molecule has 1 fully saturated rings. The first kappa shape index (κ1) is 14.6. The topological polar surface area (TPSA) is 46.3 Å². The summed E-state index contributed by atoms with van der Waals surface area (Å²) in [6, 6.07) is 8.23. The van der Waals surface area contributed by atoms with E-state index in [-0.39, 0.29) is 12.0 Å². The minimum absolute atomic E-state index is 0.0605. The highest BCUT2D eigenvalue weighted by Crippen LogP contribution is 2.35. The Morgan fingerprint density at radius 3 is 2.62 bits per heavy atom. The Morgan fingerprint density at radius 1 is 1.14 bits per heavy atom. The summed E-state index contributed by atoms with van der Waals surface area (Å²) in [5, 5.41) is 0. The number of nitrogens with two attached hydrogens (primary N) is 1. The van der Waals surface area contributed by atoms with E-state index in [1.54, 1.807) is 0 Å². The third-order valence-corrected chi connectivity index (χ3v) is 5.15. The number of amides is 1. The molecule has 0 radical (unpaired) electrons. The Hall–Kier alpha value is -1.35. The van der Waals surface area contributed by atoms with Crippen LogP contribution in [0.25, 0.3) is 0 Å². The standard InChI is InChI=1S/C18H26N2O/c1-13-8-10-14(11-9-13)18(21)20-12-4-6-16(19)15-5-2-3-7-17(15)20/h2-3,5,7,13-14,16H,4,6,8-12,19H2,1H3. The summed E-state index contributed by atoms with van der Waals surface area (Å²) in [6.45, 7) is 3.11. The van der Waals surface area contributed by atoms with Gasteiger partial charge in [-0.3, -0.25) is 4.79 Å². The second-order valence-electron chi connectivity index (χ2n) is 6.75. The zero-order chi connectivity index (χ0) is 14.8. The highest BCUT2D eigenvalue weighted by atomic mass is 16.2. The molecule has 1 aromatic rings. The number of carbonyl (C=O) groups is 1. The molecule has 1 atom stereocenters. The van der Waals surface area contributed by atoms with Gasteiger partial charge in [-0.05, 0) is 56.1 Å². The number of para-hydroxylation sites is 1. The molecule has 114 valence electrons. The molecule has 2 N–H and O–H groups in total. The number of anilines is 1. The summed E-state index contributed by atoms with van der Waals surface area (Å²) in [4.78, 5) is 15.0. The van der Waals surface area contributed by atoms with Crippen molar-refractivity contribution in [1.82, 2.24) is 0 Å². The first-order chi connectivity index (χ1) is 10.2. The van der Waals surface area contributed by atoms with Crippen LogP contribution in [-0.4, -0.2) is 12.5 Å². The first-order valence-electron chi connectivity index (χ1n) is 8.32. The van der Waals surface area contributed by atoms with E-state index in [0.29, 0.717) is 5.91 Å². The van der Waals surface area contributed by atoms with E-state index >= 15 is 0 Å². The van der Waals surface area contributed by atoms with Crippen LogP contribution in [0.15, 0.2) is 24.3 Å². The summed E-state index contributed by atoms with van der Waals surface area (Å²) in [7, 11) is 0. The maximum absolute atomic E-state index is 13.0. The van der Waals surface area contributed by atoms with Gasteiger partial charge in [0.1, 0.15) is 0 Å². The molecule has 0 spiro atoms. The van der Waals surface area contributed by atoms with Gasteiger partial charge >= 0.3 is 0 Å². The van der Waals surface area contributed by atoms with Crippen LogP contribution in [-0.2, 0) is 4.79 Å². The lowest BCUT2D eigenvalue weighted by atomic mass is 9.82. The molecule has 1 saturated carbocycles. The molecular weight excluding hydrogens is 260 g/mol. The van der Waals surface area contributed by atoms with Gasteiger partial charge in [-0.1, -0.05) is 25.1 Å². The van der Waals surface area contributed by atoms with E-state index in [0.717, 1.165) is 49.4 Å². The van der Waals surface area contributed by atoms with Crippen LogP contribution in [0, 0.1) is 11.8 Å². The monoisotopic (exact) mass is 286 g/mol. The number of rotatable bonds is 1. The predicted molar refractivity (Wildman–Crippen MR) is 86.1 cm³/mol. The van der Waals surface area contributed by atoms with Crippen molar-refractivity contribution in [2.45, 2.75) is 51.5 Å². The molecule has 0 aromatic heterocycles. The van der Waals surface area contributed by atoms with Gasteiger partial charge in [0.2, 0.25) is 5.91 Å². The number of nitrogens with zero attached hydrogens (tertiary/aromatic N) is 1. The zero-order valence-corrected chi connectivity index (χ0v) is 12.9. The van der Waals surface area contributed by atoms with E-state index < -0.39 is 0 Å². The van der Waals surface area contributed by atoms with E-state index in [1.807, 2.05) is 17.0 Å². The van der Waals surface area contributed by atoms with Gasteiger partial charge in [0.25, 0.3) is 0 Å². The predicted octanol–water partition coefficient (Wildman–Crippen LogP) is 3.64. The molecule has 1 unspecified atom stereocenters. The van der Waals surface area contributed by atoms with Crippen molar-refractivity contribution in [2.24, 2.45) is 17.6 Å². The minimum Gasteiger partial charge on any atom is -0.324 e. The van der Waals surface area contributed by atoms with Gasteiger partial charge in [-0.2, -0.15) is 0 Å². The largest absolute Gasteiger partial charge is 0.324 e. The SMILES string of the molecule is CC1CCC(C(=O)N2CCCC(N)c3ccccc32)CC1. The molecule has 3 rings (SSSR count). The lowest BCUT2D eigenvalue weighted by Crippen LogP contribution is -2.38. The van der Waals surface area contributed by atoms with Gasteiger partial charge < -0.3 is 10.6 Å². The maximum atomic E-state index is 13.0. The summed E-state index contributed by atoms with van der Waals surface area (Å²) in [5.74, 6) is 1.31.